The second-order valence-electron chi connectivity index (χ2n) is 8.24. The molecule has 0 heterocycles. The molecule has 0 aromatic rings. The predicted molar refractivity (Wildman–Crippen MR) is 127 cm³/mol. The Kier molecular flexibility index (Phi) is 22.9. The summed E-state index contributed by atoms with van der Waals surface area (Å²) in [4.78, 5) is 22.9. The van der Waals surface area contributed by atoms with Crippen molar-refractivity contribution in [1.29, 1.82) is 0 Å². The molecule has 2 N–H and O–H groups in total. The van der Waals surface area contributed by atoms with Gasteiger partial charge in [-0.15, -0.1) is 0 Å². The number of rotatable bonds is 24. The number of alkyl halides is 1. The molecule has 8 nitrogen and oxygen atoms in total. The Hall–Kier alpha value is -1.29. The van der Waals surface area contributed by atoms with Crippen LogP contribution in [-0.2, 0) is 28.5 Å². The quantitative estimate of drug-likeness (QED) is 0.207. The van der Waals surface area contributed by atoms with Crippen molar-refractivity contribution in [2.24, 2.45) is 5.92 Å². The number of hydrogen-bond acceptors (Lipinski definition) is 6. The molecule has 0 saturated carbocycles. The Morgan fingerprint density at radius 2 is 1.45 bits per heavy atom. The molecule has 0 saturated heterocycles. The van der Waals surface area contributed by atoms with Gasteiger partial charge in [-0.3, -0.25) is 9.59 Å². The highest BCUT2D eigenvalue weighted by molar-refractivity contribution is 5.78. The number of carbonyl (C=O) groups excluding carboxylic acids is 2. The van der Waals surface area contributed by atoms with Gasteiger partial charge in [0, 0.05) is 39.4 Å². The van der Waals surface area contributed by atoms with Crippen molar-refractivity contribution >= 4 is 11.8 Å². The van der Waals surface area contributed by atoms with Gasteiger partial charge in [0.1, 0.15) is 12.8 Å². The van der Waals surface area contributed by atoms with E-state index in [-0.39, 0.29) is 37.5 Å². The summed E-state index contributed by atoms with van der Waals surface area (Å²) in [6.07, 6.45) is 6.24. The standard InChI is InChI=1S/C24H47FN2O6/c1-4-11-21(2)24(29)27-18-22(25)19-33-15-10-6-9-14-32-17-16-31-13-8-5-7-12-26-23(28)20-30-3/h21-22H,4-20H2,1-3H3,(H,26,28)(H,27,29). The fourth-order valence-corrected chi connectivity index (χ4v) is 3.04. The Labute approximate surface area is 199 Å². The molecule has 0 aromatic carbocycles. The minimum Gasteiger partial charge on any atom is -0.379 e. The zero-order chi connectivity index (χ0) is 24.6. The first kappa shape index (κ1) is 31.7. The number of hydrogen-bond donors (Lipinski definition) is 2. The van der Waals surface area contributed by atoms with Crippen LogP contribution in [0.2, 0.25) is 0 Å². The third-order valence-electron chi connectivity index (χ3n) is 4.98. The molecule has 33 heavy (non-hydrogen) atoms. The number of halogens is 1. The molecule has 2 atom stereocenters. The minimum atomic E-state index is -1.17. The molecule has 0 radical (unpaired) electrons. The second-order valence-corrected chi connectivity index (χ2v) is 8.24. The van der Waals surface area contributed by atoms with Gasteiger partial charge in [0.15, 0.2) is 0 Å². The summed E-state index contributed by atoms with van der Waals surface area (Å²) in [5.74, 6) is -0.248. The summed E-state index contributed by atoms with van der Waals surface area (Å²) < 4.78 is 34.9. The smallest absolute Gasteiger partial charge is 0.245 e. The number of amides is 2. The largest absolute Gasteiger partial charge is 0.379 e. The van der Waals surface area contributed by atoms with Crippen LogP contribution >= 0.6 is 0 Å². The first-order chi connectivity index (χ1) is 16.0. The molecule has 0 spiro atoms. The van der Waals surface area contributed by atoms with Crippen LogP contribution in [0.1, 0.15) is 65.2 Å². The van der Waals surface area contributed by atoms with E-state index in [1.165, 1.54) is 7.11 Å². The molecule has 9 heteroatoms. The van der Waals surface area contributed by atoms with Crippen LogP contribution < -0.4 is 10.6 Å². The van der Waals surface area contributed by atoms with Crippen molar-refractivity contribution in [3.05, 3.63) is 0 Å². The summed E-state index contributed by atoms with van der Waals surface area (Å²) in [6, 6.07) is 0. The molecule has 2 amide bonds. The highest BCUT2D eigenvalue weighted by atomic mass is 19.1. The van der Waals surface area contributed by atoms with E-state index in [2.05, 4.69) is 10.6 Å². The van der Waals surface area contributed by atoms with Gasteiger partial charge in [-0.1, -0.05) is 20.3 Å². The van der Waals surface area contributed by atoms with Gasteiger partial charge in [0.05, 0.1) is 26.4 Å². The summed E-state index contributed by atoms with van der Waals surface area (Å²) in [6.45, 7) is 7.74. The van der Waals surface area contributed by atoms with Gasteiger partial charge < -0.3 is 29.6 Å². The van der Waals surface area contributed by atoms with Crippen molar-refractivity contribution < 1.29 is 32.9 Å². The predicted octanol–water partition coefficient (Wildman–Crippen LogP) is 3.03. The van der Waals surface area contributed by atoms with E-state index in [9.17, 15) is 14.0 Å². The normalized spacial score (nSPS) is 13.0. The third kappa shape index (κ3) is 22.3. The lowest BCUT2D eigenvalue weighted by Crippen LogP contribution is -2.35. The molecule has 0 aromatic heterocycles. The maximum atomic E-state index is 13.8. The van der Waals surface area contributed by atoms with Crippen LogP contribution in [0.3, 0.4) is 0 Å². The fourth-order valence-electron chi connectivity index (χ4n) is 3.04. The lowest BCUT2D eigenvalue weighted by molar-refractivity contribution is -0.125. The lowest BCUT2D eigenvalue weighted by atomic mass is 10.1. The van der Waals surface area contributed by atoms with Crippen molar-refractivity contribution in [1.82, 2.24) is 10.6 Å². The van der Waals surface area contributed by atoms with Crippen LogP contribution in [0.15, 0.2) is 0 Å². The summed E-state index contributed by atoms with van der Waals surface area (Å²) >= 11 is 0. The van der Waals surface area contributed by atoms with Crippen LogP contribution in [-0.4, -0.2) is 84.4 Å². The average molecular weight is 479 g/mol. The number of methoxy groups -OCH3 is 1. The maximum Gasteiger partial charge on any atom is 0.245 e. The van der Waals surface area contributed by atoms with Gasteiger partial charge in [0.2, 0.25) is 11.8 Å². The zero-order valence-electron chi connectivity index (χ0n) is 21.0. The van der Waals surface area contributed by atoms with E-state index in [1.54, 1.807) is 0 Å². The number of unbranched alkanes of at least 4 members (excludes halogenated alkanes) is 4. The number of ether oxygens (including phenoxy) is 4. The zero-order valence-corrected chi connectivity index (χ0v) is 21.0. The van der Waals surface area contributed by atoms with E-state index in [0.717, 1.165) is 51.4 Å². The molecule has 0 aliphatic carbocycles. The molecule has 196 valence electrons. The fraction of sp³-hybridized carbons (Fsp3) is 0.917. The Balaban J connectivity index is 3.26. The van der Waals surface area contributed by atoms with E-state index >= 15 is 0 Å². The van der Waals surface area contributed by atoms with Crippen LogP contribution in [0.4, 0.5) is 4.39 Å². The number of carbonyl (C=O) groups is 2. The molecule has 0 aliphatic rings. The Morgan fingerprint density at radius 1 is 0.848 bits per heavy atom. The topological polar surface area (TPSA) is 95.1 Å². The van der Waals surface area contributed by atoms with Crippen LogP contribution in [0.5, 0.6) is 0 Å². The van der Waals surface area contributed by atoms with Gasteiger partial charge >= 0.3 is 0 Å². The highest BCUT2D eigenvalue weighted by Gasteiger charge is 2.14. The molecule has 0 aliphatic heterocycles. The average Bonchev–Trinajstić information content (AvgIpc) is 2.79. The SMILES string of the molecule is CCCC(C)C(=O)NCC(F)COCCCCCOCCOCCCCCNC(=O)COC. The van der Waals surface area contributed by atoms with Crippen molar-refractivity contribution in [2.75, 3.05) is 66.4 Å². The van der Waals surface area contributed by atoms with E-state index in [1.807, 2.05) is 13.8 Å². The van der Waals surface area contributed by atoms with E-state index in [0.29, 0.717) is 39.6 Å². The lowest BCUT2D eigenvalue weighted by Gasteiger charge is -2.13. The van der Waals surface area contributed by atoms with Crippen LogP contribution in [0.25, 0.3) is 0 Å². The Bertz CT molecular complexity index is 470. The molecule has 0 fully saturated rings. The third-order valence-corrected chi connectivity index (χ3v) is 4.98. The summed E-state index contributed by atoms with van der Waals surface area (Å²) in [7, 11) is 1.50. The first-order valence-corrected chi connectivity index (χ1v) is 12.4. The van der Waals surface area contributed by atoms with Gasteiger partial charge in [-0.05, 0) is 44.9 Å². The van der Waals surface area contributed by atoms with E-state index in [4.69, 9.17) is 18.9 Å². The van der Waals surface area contributed by atoms with E-state index < -0.39 is 6.17 Å². The molecular formula is C24H47FN2O6. The highest BCUT2D eigenvalue weighted by Crippen LogP contribution is 2.05. The van der Waals surface area contributed by atoms with Gasteiger partial charge in [0.25, 0.3) is 0 Å². The second kappa shape index (κ2) is 23.9. The van der Waals surface area contributed by atoms with Gasteiger partial charge in [-0.2, -0.15) is 0 Å². The molecule has 0 rings (SSSR count). The molecule has 2 unspecified atom stereocenters. The first-order valence-electron chi connectivity index (χ1n) is 12.4. The minimum absolute atomic E-state index is 0.00982. The molecule has 0 bridgehead atoms. The number of nitrogens with one attached hydrogen (secondary N) is 2. The van der Waals surface area contributed by atoms with Crippen molar-refractivity contribution in [3.8, 4) is 0 Å². The van der Waals surface area contributed by atoms with Crippen LogP contribution in [0, 0.1) is 5.92 Å². The Morgan fingerprint density at radius 3 is 2.06 bits per heavy atom. The summed E-state index contributed by atoms with van der Waals surface area (Å²) in [5.41, 5.74) is 0. The van der Waals surface area contributed by atoms with Crippen molar-refractivity contribution in [3.63, 3.8) is 0 Å². The van der Waals surface area contributed by atoms with Gasteiger partial charge in [-0.25, -0.2) is 4.39 Å². The van der Waals surface area contributed by atoms with Crippen molar-refractivity contribution in [2.45, 2.75) is 71.4 Å². The maximum absolute atomic E-state index is 13.8. The summed E-state index contributed by atoms with van der Waals surface area (Å²) in [5, 5.41) is 5.43. The monoisotopic (exact) mass is 478 g/mol. The molecular weight excluding hydrogens is 431 g/mol.